The number of halogens is 2. The maximum absolute atomic E-state index is 7.11. The molecule has 2 fully saturated rings. The van der Waals surface area contributed by atoms with Crippen LogP contribution in [-0.4, -0.2) is 36.3 Å². The van der Waals surface area contributed by atoms with Gasteiger partial charge in [-0.15, -0.1) is 0 Å². The molecule has 0 spiro atoms. The van der Waals surface area contributed by atoms with E-state index in [0.29, 0.717) is 33.7 Å². The first-order chi connectivity index (χ1) is 22.6. The number of rotatable bonds is 11. The van der Waals surface area contributed by atoms with E-state index >= 15 is 0 Å². The van der Waals surface area contributed by atoms with Crippen LogP contribution in [0.15, 0.2) is 60.8 Å². The van der Waals surface area contributed by atoms with Crippen LogP contribution < -0.4 is 20.1 Å². The minimum Gasteiger partial charge on any atom is -0.496 e. The highest BCUT2D eigenvalue weighted by atomic mass is 35.5. The first kappa shape index (κ1) is 32.8. The molecule has 8 heteroatoms. The number of benzene rings is 2. The predicted molar refractivity (Wildman–Crippen MR) is 189 cm³/mol. The smallest absolute Gasteiger partial charge is 0.218 e. The van der Waals surface area contributed by atoms with Gasteiger partial charge in [-0.25, -0.2) is 4.98 Å². The summed E-state index contributed by atoms with van der Waals surface area (Å²) in [5, 5.41) is 8.52. The van der Waals surface area contributed by atoms with Crippen LogP contribution in [-0.2, 0) is 13.1 Å². The molecular weight excluding hydrogens is 615 g/mol. The van der Waals surface area contributed by atoms with Gasteiger partial charge < -0.3 is 20.1 Å². The molecule has 2 aromatic heterocycles. The normalized spacial score (nSPS) is 16.0. The Morgan fingerprint density at radius 3 is 2.00 bits per heavy atom. The standard InChI is InChI=1S/C38H44Cl2N4O2/c1-45-34-22-25(16-17-26(34)23-42-28-10-5-3-6-11-28)37-36(40)31(20-21-41-37)30-14-9-15-32(35(30)39)33-19-18-27(38(44-33)46-2)24-43-29-12-7-4-8-13-29/h9,14-22,28-29,42-43H,3-8,10-13,23-24H2,1-2H3. The van der Waals surface area contributed by atoms with Crippen molar-refractivity contribution in [2.75, 3.05) is 14.2 Å². The van der Waals surface area contributed by atoms with Gasteiger partial charge >= 0.3 is 0 Å². The molecule has 2 aliphatic rings. The van der Waals surface area contributed by atoms with Crippen molar-refractivity contribution in [3.8, 4) is 45.3 Å². The average molecular weight is 660 g/mol. The molecule has 2 aromatic carbocycles. The number of methoxy groups -OCH3 is 2. The van der Waals surface area contributed by atoms with E-state index in [4.69, 9.17) is 37.7 Å². The molecule has 2 heterocycles. The summed E-state index contributed by atoms with van der Waals surface area (Å²) in [6.45, 7) is 1.50. The summed E-state index contributed by atoms with van der Waals surface area (Å²) < 4.78 is 11.5. The van der Waals surface area contributed by atoms with Crippen molar-refractivity contribution in [3.63, 3.8) is 0 Å². The Balaban J connectivity index is 1.24. The van der Waals surface area contributed by atoms with E-state index in [2.05, 4.69) is 33.8 Å². The maximum atomic E-state index is 7.11. The second kappa shape index (κ2) is 15.6. The third kappa shape index (κ3) is 7.52. The van der Waals surface area contributed by atoms with Crippen LogP contribution >= 0.6 is 23.2 Å². The summed E-state index contributed by atoms with van der Waals surface area (Å²) in [7, 11) is 3.38. The number of pyridine rings is 2. The van der Waals surface area contributed by atoms with E-state index < -0.39 is 0 Å². The lowest BCUT2D eigenvalue weighted by molar-refractivity contribution is 0.361. The first-order valence-electron chi connectivity index (χ1n) is 16.7. The van der Waals surface area contributed by atoms with E-state index in [1.165, 1.54) is 64.2 Å². The van der Waals surface area contributed by atoms with E-state index in [1.54, 1.807) is 20.4 Å². The summed E-state index contributed by atoms with van der Waals surface area (Å²) in [5.74, 6) is 1.43. The van der Waals surface area contributed by atoms with Crippen molar-refractivity contribution in [2.45, 2.75) is 89.4 Å². The van der Waals surface area contributed by atoms with Crippen LogP contribution in [0.5, 0.6) is 11.6 Å². The Labute approximate surface area is 283 Å². The van der Waals surface area contributed by atoms with Crippen molar-refractivity contribution >= 4 is 23.2 Å². The van der Waals surface area contributed by atoms with Crippen LogP contribution in [0.25, 0.3) is 33.6 Å². The fourth-order valence-electron chi connectivity index (χ4n) is 6.88. The summed E-state index contributed by atoms with van der Waals surface area (Å²) in [5.41, 5.74) is 6.92. The summed E-state index contributed by atoms with van der Waals surface area (Å²) in [6.07, 6.45) is 14.6. The fraction of sp³-hybridized carbons (Fsp3) is 0.421. The summed E-state index contributed by atoms with van der Waals surface area (Å²) in [6, 6.07) is 19.3. The zero-order valence-corrected chi connectivity index (χ0v) is 28.4. The molecule has 0 atom stereocenters. The fourth-order valence-corrected chi connectivity index (χ4v) is 7.53. The molecule has 0 bridgehead atoms. The first-order valence-corrected chi connectivity index (χ1v) is 17.4. The molecule has 0 aliphatic heterocycles. The molecule has 0 amide bonds. The number of nitrogens with one attached hydrogen (secondary N) is 2. The lowest BCUT2D eigenvalue weighted by Gasteiger charge is -2.23. The van der Waals surface area contributed by atoms with E-state index in [9.17, 15) is 0 Å². The molecular formula is C38H44Cl2N4O2. The molecule has 0 radical (unpaired) electrons. The Hall–Kier alpha value is -3.16. The SMILES string of the molecule is COc1cc(-c2nccc(-c3cccc(-c4ccc(CNC5CCCCC5)c(OC)n4)c3Cl)c2Cl)ccc1CNC1CCCCC1. The van der Waals surface area contributed by atoms with Crippen molar-refractivity contribution in [3.05, 3.63) is 82.0 Å². The molecule has 0 unspecified atom stereocenters. The van der Waals surface area contributed by atoms with E-state index in [0.717, 1.165) is 57.9 Å². The van der Waals surface area contributed by atoms with Gasteiger partial charge in [0.25, 0.3) is 0 Å². The van der Waals surface area contributed by atoms with Gasteiger partial charge in [0, 0.05) is 64.8 Å². The van der Waals surface area contributed by atoms with Crippen molar-refractivity contribution in [1.82, 2.24) is 20.6 Å². The van der Waals surface area contributed by atoms with Crippen LogP contribution in [0.1, 0.15) is 75.3 Å². The third-order valence-electron chi connectivity index (χ3n) is 9.52. The zero-order valence-electron chi connectivity index (χ0n) is 26.9. The van der Waals surface area contributed by atoms with Gasteiger partial charge in [-0.1, -0.05) is 98.1 Å². The largest absolute Gasteiger partial charge is 0.496 e. The van der Waals surface area contributed by atoms with E-state index in [-0.39, 0.29) is 0 Å². The highest BCUT2D eigenvalue weighted by Crippen LogP contribution is 2.42. The lowest BCUT2D eigenvalue weighted by Crippen LogP contribution is -2.30. The number of ether oxygens (including phenoxy) is 2. The van der Waals surface area contributed by atoms with Gasteiger partial charge in [-0.05, 0) is 43.9 Å². The number of hydrogen-bond acceptors (Lipinski definition) is 6. The topological polar surface area (TPSA) is 68.3 Å². The number of nitrogens with zero attached hydrogens (tertiary/aromatic N) is 2. The molecule has 0 saturated heterocycles. The van der Waals surface area contributed by atoms with E-state index in [1.807, 2.05) is 36.4 Å². The Kier molecular flexibility index (Phi) is 11.1. The summed E-state index contributed by atoms with van der Waals surface area (Å²) >= 11 is 14.2. The highest BCUT2D eigenvalue weighted by molar-refractivity contribution is 6.39. The Bertz CT molecular complexity index is 1510. The van der Waals surface area contributed by atoms with Crippen molar-refractivity contribution in [1.29, 1.82) is 0 Å². The average Bonchev–Trinajstić information content (AvgIpc) is 3.11. The summed E-state index contributed by atoms with van der Waals surface area (Å²) in [4.78, 5) is 9.54. The van der Waals surface area contributed by atoms with Crippen molar-refractivity contribution < 1.29 is 9.47 Å². The van der Waals surface area contributed by atoms with Gasteiger partial charge in [0.2, 0.25) is 5.88 Å². The third-order valence-corrected chi connectivity index (χ3v) is 10.3. The second-order valence-electron chi connectivity index (χ2n) is 12.5. The quantitative estimate of drug-likeness (QED) is 0.167. The molecule has 6 rings (SSSR count). The van der Waals surface area contributed by atoms with Crippen LogP contribution in [0.2, 0.25) is 10.0 Å². The molecule has 2 aliphatic carbocycles. The van der Waals surface area contributed by atoms with Gasteiger partial charge in [-0.3, -0.25) is 4.98 Å². The monoisotopic (exact) mass is 658 g/mol. The number of aromatic nitrogens is 2. The molecule has 242 valence electrons. The van der Waals surface area contributed by atoms with Crippen LogP contribution in [0, 0.1) is 0 Å². The molecule has 4 aromatic rings. The molecule has 2 saturated carbocycles. The van der Waals surface area contributed by atoms with Gasteiger partial charge in [-0.2, -0.15) is 0 Å². The minimum atomic E-state index is 0.534. The maximum Gasteiger partial charge on any atom is 0.218 e. The number of hydrogen-bond donors (Lipinski definition) is 2. The molecule has 6 nitrogen and oxygen atoms in total. The van der Waals surface area contributed by atoms with Crippen LogP contribution in [0.3, 0.4) is 0 Å². The predicted octanol–water partition coefficient (Wildman–Crippen LogP) is 9.65. The molecule has 46 heavy (non-hydrogen) atoms. The Morgan fingerprint density at radius 1 is 0.696 bits per heavy atom. The van der Waals surface area contributed by atoms with Gasteiger partial charge in [0.05, 0.1) is 35.7 Å². The second-order valence-corrected chi connectivity index (χ2v) is 13.3. The molecule has 2 N–H and O–H groups in total. The lowest BCUT2D eigenvalue weighted by atomic mass is 9.95. The zero-order chi connectivity index (χ0) is 31.9. The minimum absolute atomic E-state index is 0.534. The van der Waals surface area contributed by atoms with Crippen molar-refractivity contribution in [2.24, 2.45) is 0 Å². The van der Waals surface area contributed by atoms with Gasteiger partial charge in [0.15, 0.2) is 0 Å². The van der Waals surface area contributed by atoms with Crippen LogP contribution in [0.4, 0.5) is 0 Å². The Morgan fingerprint density at radius 2 is 1.33 bits per heavy atom. The highest BCUT2D eigenvalue weighted by Gasteiger charge is 2.20. The van der Waals surface area contributed by atoms with Gasteiger partial charge in [0.1, 0.15) is 5.75 Å².